The van der Waals surface area contributed by atoms with Crippen molar-refractivity contribution in [2.24, 2.45) is 0 Å². The highest BCUT2D eigenvalue weighted by molar-refractivity contribution is 7.99. The van der Waals surface area contributed by atoms with Crippen LogP contribution in [0.4, 0.5) is 5.69 Å². The molecule has 0 radical (unpaired) electrons. The van der Waals surface area contributed by atoms with Crippen molar-refractivity contribution in [2.75, 3.05) is 38.4 Å². The van der Waals surface area contributed by atoms with Gasteiger partial charge in [0.1, 0.15) is 0 Å². The van der Waals surface area contributed by atoms with Crippen molar-refractivity contribution in [1.29, 1.82) is 0 Å². The monoisotopic (exact) mass is 314 g/mol. The van der Waals surface area contributed by atoms with Crippen LogP contribution in [0.1, 0.15) is 12.5 Å². The summed E-state index contributed by atoms with van der Waals surface area (Å²) in [7, 11) is 1.63. The van der Waals surface area contributed by atoms with Crippen LogP contribution in [0.3, 0.4) is 0 Å². The minimum atomic E-state index is -0.402. The number of nitrogens with zero attached hydrogens (tertiary/aromatic N) is 1. The van der Waals surface area contributed by atoms with Crippen molar-refractivity contribution in [1.82, 2.24) is 5.32 Å². The van der Waals surface area contributed by atoms with E-state index in [9.17, 15) is 10.1 Å². The first-order chi connectivity index (χ1) is 10.2. The minimum Gasteiger partial charge on any atom is -0.486 e. The Morgan fingerprint density at radius 2 is 2.19 bits per heavy atom. The Kier molecular flexibility index (Phi) is 8.80. The first kappa shape index (κ1) is 17.7. The molecular weight excluding hydrogens is 292 g/mol. The lowest BCUT2D eigenvalue weighted by Gasteiger charge is -2.09. The molecule has 0 fully saturated rings. The number of nitro groups is 1. The third kappa shape index (κ3) is 6.79. The minimum absolute atomic E-state index is 0.0162. The molecule has 0 aromatic heterocycles. The lowest BCUT2D eigenvalue weighted by Crippen LogP contribution is -2.18. The lowest BCUT2D eigenvalue weighted by atomic mass is 10.2. The van der Waals surface area contributed by atoms with Crippen LogP contribution < -0.4 is 10.1 Å². The number of thioether (sulfide) groups is 1. The van der Waals surface area contributed by atoms with Crippen molar-refractivity contribution in [3.05, 3.63) is 33.9 Å². The van der Waals surface area contributed by atoms with Gasteiger partial charge in [0.15, 0.2) is 5.75 Å². The van der Waals surface area contributed by atoms with E-state index in [4.69, 9.17) is 9.47 Å². The number of ether oxygens (including phenoxy) is 2. The maximum Gasteiger partial charge on any atom is 0.311 e. The van der Waals surface area contributed by atoms with E-state index in [-0.39, 0.29) is 5.69 Å². The van der Waals surface area contributed by atoms with E-state index in [1.54, 1.807) is 31.0 Å². The zero-order valence-corrected chi connectivity index (χ0v) is 13.3. The van der Waals surface area contributed by atoms with Crippen LogP contribution in [-0.2, 0) is 11.3 Å². The molecule has 0 heterocycles. The van der Waals surface area contributed by atoms with Crippen molar-refractivity contribution in [2.45, 2.75) is 13.5 Å². The van der Waals surface area contributed by atoms with E-state index in [0.29, 0.717) is 32.1 Å². The molecule has 1 aromatic carbocycles. The number of nitro benzene ring substituents is 1. The SMILES string of the molecule is CCSCCOc1ccc(CNCCOC)cc1[N+](=O)[O-]. The van der Waals surface area contributed by atoms with E-state index in [1.807, 2.05) is 6.07 Å². The van der Waals surface area contributed by atoms with E-state index in [2.05, 4.69) is 12.2 Å². The summed E-state index contributed by atoms with van der Waals surface area (Å²) >= 11 is 1.74. The fourth-order valence-corrected chi connectivity index (χ4v) is 2.19. The molecule has 7 heteroatoms. The van der Waals surface area contributed by atoms with Crippen LogP contribution in [-0.4, -0.2) is 43.3 Å². The van der Waals surface area contributed by atoms with Gasteiger partial charge in [-0.15, -0.1) is 0 Å². The van der Waals surface area contributed by atoms with Crippen LogP contribution >= 0.6 is 11.8 Å². The number of rotatable bonds is 11. The third-order valence-electron chi connectivity index (χ3n) is 2.72. The Morgan fingerprint density at radius 3 is 2.86 bits per heavy atom. The van der Waals surface area contributed by atoms with Gasteiger partial charge in [-0.1, -0.05) is 13.0 Å². The zero-order chi connectivity index (χ0) is 15.5. The maximum absolute atomic E-state index is 11.1. The van der Waals surface area contributed by atoms with Gasteiger partial charge in [0.05, 0.1) is 18.1 Å². The highest BCUT2D eigenvalue weighted by Gasteiger charge is 2.15. The molecule has 0 amide bonds. The average molecular weight is 314 g/mol. The van der Waals surface area contributed by atoms with Crippen LogP contribution in [0.5, 0.6) is 5.75 Å². The Hall–Kier alpha value is -1.31. The molecule has 1 rings (SSSR count). The summed E-state index contributed by atoms with van der Waals surface area (Å²) in [6.45, 7) is 4.43. The van der Waals surface area contributed by atoms with E-state index >= 15 is 0 Å². The van der Waals surface area contributed by atoms with Crippen molar-refractivity contribution in [3.8, 4) is 5.75 Å². The number of nitrogens with one attached hydrogen (secondary N) is 1. The van der Waals surface area contributed by atoms with E-state index in [0.717, 1.165) is 17.1 Å². The molecule has 0 aliphatic rings. The normalized spacial score (nSPS) is 10.6. The van der Waals surface area contributed by atoms with Crippen LogP contribution in [0.25, 0.3) is 0 Å². The van der Waals surface area contributed by atoms with Crippen molar-refractivity contribution in [3.63, 3.8) is 0 Å². The summed E-state index contributed by atoms with van der Waals surface area (Å²) in [5.41, 5.74) is 0.871. The first-order valence-corrected chi connectivity index (χ1v) is 8.02. The van der Waals surface area contributed by atoms with Gasteiger partial charge >= 0.3 is 5.69 Å². The molecule has 0 saturated carbocycles. The fourth-order valence-electron chi connectivity index (χ4n) is 1.70. The number of methoxy groups -OCH3 is 1. The molecule has 21 heavy (non-hydrogen) atoms. The predicted octanol–water partition coefficient (Wildman–Crippen LogP) is 2.46. The lowest BCUT2D eigenvalue weighted by molar-refractivity contribution is -0.385. The Morgan fingerprint density at radius 1 is 1.38 bits per heavy atom. The standard InChI is InChI=1S/C14H22N2O4S/c1-3-21-9-8-20-14-5-4-12(10-13(14)16(17)18)11-15-6-7-19-2/h4-5,10,15H,3,6-9,11H2,1-2H3. The molecule has 0 atom stereocenters. The Bertz CT molecular complexity index is 443. The highest BCUT2D eigenvalue weighted by atomic mass is 32.2. The summed E-state index contributed by atoms with van der Waals surface area (Å²) in [4.78, 5) is 10.7. The quantitative estimate of drug-likeness (QED) is 0.384. The topological polar surface area (TPSA) is 73.6 Å². The van der Waals surface area contributed by atoms with Crippen LogP contribution in [0.15, 0.2) is 18.2 Å². The maximum atomic E-state index is 11.1. The second-order valence-corrected chi connectivity index (χ2v) is 5.67. The Labute approximate surface area is 129 Å². The molecule has 0 aliphatic carbocycles. The molecular formula is C14H22N2O4S. The fraction of sp³-hybridized carbons (Fsp3) is 0.571. The van der Waals surface area contributed by atoms with Gasteiger partial charge in [-0.3, -0.25) is 10.1 Å². The predicted molar refractivity (Wildman–Crippen MR) is 85.2 cm³/mol. The second-order valence-electron chi connectivity index (χ2n) is 4.27. The summed E-state index contributed by atoms with van der Waals surface area (Å²) in [6, 6.07) is 5.07. The van der Waals surface area contributed by atoms with Gasteiger partial charge in [0, 0.05) is 32.0 Å². The van der Waals surface area contributed by atoms with Gasteiger partial charge in [-0.25, -0.2) is 0 Å². The molecule has 0 aliphatic heterocycles. The van der Waals surface area contributed by atoms with Crippen LogP contribution in [0, 0.1) is 10.1 Å². The molecule has 0 unspecified atom stereocenters. The smallest absolute Gasteiger partial charge is 0.311 e. The summed E-state index contributed by atoms with van der Waals surface area (Å²) < 4.78 is 10.4. The molecule has 1 N–H and O–H groups in total. The van der Waals surface area contributed by atoms with Gasteiger partial charge in [0.2, 0.25) is 0 Å². The summed E-state index contributed by atoms with van der Waals surface area (Å²) in [5, 5.41) is 14.3. The zero-order valence-electron chi connectivity index (χ0n) is 12.5. The molecule has 6 nitrogen and oxygen atoms in total. The van der Waals surface area contributed by atoms with E-state index in [1.165, 1.54) is 0 Å². The molecule has 0 bridgehead atoms. The summed E-state index contributed by atoms with van der Waals surface area (Å²) in [6.07, 6.45) is 0. The van der Waals surface area contributed by atoms with Gasteiger partial charge < -0.3 is 14.8 Å². The molecule has 1 aromatic rings. The van der Waals surface area contributed by atoms with E-state index < -0.39 is 4.92 Å². The third-order valence-corrected chi connectivity index (χ3v) is 3.59. The van der Waals surface area contributed by atoms with Crippen molar-refractivity contribution >= 4 is 17.4 Å². The highest BCUT2D eigenvalue weighted by Crippen LogP contribution is 2.28. The average Bonchev–Trinajstić information content (AvgIpc) is 2.48. The molecule has 118 valence electrons. The molecule has 0 spiro atoms. The largest absolute Gasteiger partial charge is 0.486 e. The number of hydrogen-bond acceptors (Lipinski definition) is 6. The number of benzene rings is 1. The first-order valence-electron chi connectivity index (χ1n) is 6.86. The van der Waals surface area contributed by atoms with Gasteiger partial charge in [-0.05, 0) is 17.4 Å². The molecule has 0 saturated heterocycles. The van der Waals surface area contributed by atoms with Crippen LogP contribution in [0.2, 0.25) is 0 Å². The Balaban J connectivity index is 2.61. The second kappa shape index (κ2) is 10.4. The summed E-state index contributed by atoms with van der Waals surface area (Å²) in [5.74, 6) is 2.17. The van der Waals surface area contributed by atoms with Crippen molar-refractivity contribution < 1.29 is 14.4 Å². The van der Waals surface area contributed by atoms with Gasteiger partial charge in [-0.2, -0.15) is 11.8 Å². The number of hydrogen-bond donors (Lipinski definition) is 1. The van der Waals surface area contributed by atoms with Gasteiger partial charge in [0.25, 0.3) is 0 Å².